The molecule has 0 aliphatic rings. The van der Waals surface area contributed by atoms with Crippen molar-refractivity contribution in [2.45, 2.75) is 6.92 Å². The van der Waals surface area contributed by atoms with Crippen molar-refractivity contribution in [2.24, 2.45) is 10.1 Å². The molecule has 3 aromatic rings. The Morgan fingerprint density at radius 2 is 1.93 bits per heavy atom. The van der Waals surface area contributed by atoms with Crippen molar-refractivity contribution < 1.29 is 4.39 Å². The summed E-state index contributed by atoms with van der Waals surface area (Å²) in [5, 5.41) is 15.4. The van der Waals surface area contributed by atoms with E-state index in [0.29, 0.717) is 12.1 Å². The first-order chi connectivity index (χ1) is 13.1. The number of rotatable bonds is 5. The molecule has 0 bridgehead atoms. The molecule has 1 aromatic heterocycles. The van der Waals surface area contributed by atoms with E-state index in [4.69, 9.17) is 5.26 Å². The SMILES string of the molecule is C=C(C)CN=c1scc(-c2ccc(F)cc2)n1N=Cc1ccc(C#N)cc1. The van der Waals surface area contributed by atoms with E-state index in [2.05, 4.69) is 22.7 Å². The normalized spacial score (nSPS) is 11.7. The van der Waals surface area contributed by atoms with Crippen LogP contribution in [0.1, 0.15) is 18.1 Å². The highest BCUT2D eigenvalue weighted by Crippen LogP contribution is 2.20. The fourth-order valence-electron chi connectivity index (χ4n) is 2.31. The van der Waals surface area contributed by atoms with E-state index < -0.39 is 0 Å². The molecule has 0 N–H and O–H groups in total. The van der Waals surface area contributed by atoms with Gasteiger partial charge in [-0.2, -0.15) is 10.4 Å². The van der Waals surface area contributed by atoms with Gasteiger partial charge in [-0.15, -0.1) is 11.3 Å². The lowest BCUT2D eigenvalue weighted by atomic mass is 10.2. The van der Waals surface area contributed by atoms with Gasteiger partial charge in [0, 0.05) is 10.9 Å². The van der Waals surface area contributed by atoms with Gasteiger partial charge in [0.1, 0.15) is 5.82 Å². The molecule has 0 unspecified atom stereocenters. The zero-order valence-corrected chi connectivity index (χ0v) is 15.6. The second-order valence-electron chi connectivity index (χ2n) is 5.97. The Balaban J connectivity index is 2.04. The Morgan fingerprint density at radius 1 is 1.22 bits per heavy atom. The number of aromatic nitrogens is 1. The minimum Gasteiger partial charge on any atom is -0.253 e. The van der Waals surface area contributed by atoms with Crippen LogP contribution in [0.4, 0.5) is 4.39 Å². The minimum absolute atomic E-state index is 0.284. The molecule has 0 radical (unpaired) electrons. The van der Waals surface area contributed by atoms with Gasteiger partial charge in [0.2, 0.25) is 4.80 Å². The van der Waals surface area contributed by atoms with Crippen molar-refractivity contribution in [3.8, 4) is 17.3 Å². The van der Waals surface area contributed by atoms with E-state index in [1.807, 2.05) is 24.4 Å². The molecule has 134 valence electrons. The van der Waals surface area contributed by atoms with Crippen LogP contribution in [0.15, 0.2) is 76.2 Å². The van der Waals surface area contributed by atoms with Crippen LogP contribution in [-0.2, 0) is 0 Å². The molecule has 0 fully saturated rings. The number of hydrogen-bond donors (Lipinski definition) is 0. The zero-order chi connectivity index (χ0) is 19.2. The van der Waals surface area contributed by atoms with Crippen molar-refractivity contribution in [1.82, 2.24) is 4.68 Å². The van der Waals surface area contributed by atoms with Gasteiger partial charge in [0.05, 0.1) is 30.1 Å². The van der Waals surface area contributed by atoms with Crippen LogP contribution in [0.3, 0.4) is 0 Å². The topological polar surface area (TPSA) is 53.4 Å². The molecule has 2 aromatic carbocycles. The van der Waals surface area contributed by atoms with Gasteiger partial charge >= 0.3 is 0 Å². The van der Waals surface area contributed by atoms with Crippen LogP contribution in [-0.4, -0.2) is 17.4 Å². The second kappa shape index (κ2) is 8.39. The Kier molecular flexibility index (Phi) is 5.74. The standard InChI is InChI=1S/C21H17FN4S/c1-15(2)12-24-21-26(25-13-17-5-3-16(11-23)4-6-17)20(14-27-21)18-7-9-19(22)10-8-18/h3-10,13-14H,1,12H2,2H3. The van der Waals surface area contributed by atoms with Crippen molar-refractivity contribution >= 4 is 17.6 Å². The molecule has 0 atom stereocenters. The fourth-order valence-corrected chi connectivity index (χ4v) is 3.15. The van der Waals surface area contributed by atoms with Crippen LogP contribution in [0, 0.1) is 17.1 Å². The molecule has 0 aliphatic heterocycles. The summed E-state index contributed by atoms with van der Waals surface area (Å²) in [6, 6.07) is 15.5. The molecule has 1 heterocycles. The molecular weight excluding hydrogens is 359 g/mol. The first-order valence-electron chi connectivity index (χ1n) is 8.22. The number of nitrogens with zero attached hydrogens (tertiary/aromatic N) is 4. The van der Waals surface area contributed by atoms with Crippen molar-refractivity contribution in [1.29, 1.82) is 5.26 Å². The number of nitriles is 1. The van der Waals surface area contributed by atoms with Gasteiger partial charge < -0.3 is 0 Å². The number of benzene rings is 2. The Bertz CT molecular complexity index is 1080. The monoisotopic (exact) mass is 376 g/mol. The number of halogens is 1. The summed E-state index contributed by atoms with van der Waals surface area (Å²) in [6.45, 7) is 6.31. The maximum atomic E-state index is 13.3. The summed E-state index contributed by atoms with van der Waals surface area (Å²) in [4.78, 5) is 5.28. The van der Waals surface area contributed by atoms with E-state index >= 15 is 0 Å². The second-order valence-corrected chi connectivity index (χ2v) is 6.81. The van der Waals surface area contributed by atoms with Crippen LogP contribution >= 0.6 is 11.3 Å². The number of thiazole rings is 1. The summed E-state index contributed by atoms with van der Waals surface area (Å²) in [5.41, 5.74) is 4.09. The third-order valence-electron chi connectivity index (χ3n) is 3.67. The first kappa shape index (κ1) is 18.5. The minimum atomic E-state index is -0.284. The highest BCUT2D eigenvalue weighted by Gasteiger charge is 2.07. The van der Waals surface area contributed by atoms with Gasteiger partial charge in [-0.3, -0.25) is 4.99 Å². The quantitative estimate of drug-likeness (QED) is 0.475. The summed E-state index contributed by atoms with van der Waals surface area (Å²) < 4.78 is 15.0. The van der Waals surface area contributed by atoms with Crippen LogP contribution in [0.25, 0.3) is 11.3 Å². The Hall–Kier alpha value is -3.30. The summed E-state index contributed by atoms with van der Waals surface area (Å²) in [5.74, 6) is -0.284. The largest absolute Gasteiger partial charge is 0.253 e. The van der Waals surface area contributed by atoms with E-state index in [1.54, 1.807) is 35.2 Å². The third-order valence-corrected chi connectivity index (χ3v) is 4.53. The predicted molar refractivity (Wildman–Crippen MR) is 107 cm³/mol. The molecule has 0 saturated heterocycles. The molecule has 6 heteroatoms. The van der Waals surface area contributed by atoms with Crippen molar-refractivity contribution in [3.63, 3.8) is 0 Å². The zero-order valence-electron chi connectivity index (χ0n) is 14.8. The predicted octanol–water partition coefficient (Wildman–Crippen LogP) is 4.59. The Labute approximate surface area is 160 Å². The smallest absolute Gasteiger partial charge is 0.206 e. The van der Waals surface area contributed by atoms with Crippen LogP contribution in [0.2, 0.25) is 0 Å². The van der Waals surface area contributed by atoms with E-state index in [0.717, 1.165) is 27.2 Å². The van der Waals surface area contributed by atoms with Gasteiger partial charge in [0.15, 0.2) is 0 Å². The third kappa shape index (κ3) is 4.66. The molecular formula is C21H17FN4S. The van der Waals surface area contributed by atoms with Gasteiger partial charge in [-0.25, -0.2) is 9.07 Å². The summed E-state index contributed by atoms with van der Waals surface area (Å²) >= 11 is 1.46. The summed E-state index contributed by atoms with van der Waals surface area (Å²) in [6.07, 6.45) is 1.71. The highest BCUT2D eigenvalue weighted by atomic mass is 32.1. The molecule has 0 amide bonds. The lowest BCUT2D eigenvalue weighted by Gasteiger charge is -2.04. The fraction of sp³-hybridized carbons (Fsp3) is 0.0952. The molecule has 0 spiro atoms. The number of hydrogen-bond acceptors (Lipinski definition) is 4. The molecule has 0 saturated carbocycles. The van der Waals surface area contributed by atoms with Gasteiger partial charge in [-0.05, 0) is 48.9 Å². The molecule has 27 heavy (non-hydrogen) atoms. The van der Waals surface area contributed by atoms with Crippen LogP contribution < -0.4 is 4.80 Å². The molecule has 0 aliphatic carbocycles. The average molecular weight is 376 g/mol. The summed E-state index contributed by atoms with van der Waals surface area (Å²) in [7, 11) is 0. The van der Waals surface area contributed by atoms with Crippen molar-refractivity contribution in [3.05, 3.63) is 87.8 Å². The van der Waals surface area contributed by atoms with Gasteiger partial charge in [0.25, 0.3) is 0 Å². The first-order valence-corrected chi connectivity index (χ1v) is 9.10. The maximum absolute atomic E-state index is 13.3. The van der Waals surface area contributed by atoms with Gasteiger partial charge in [-0.1, -0.05) is 24.3 Å². The van der Waals surface area contributed by atoms with E-state index in [1.165, 1.54) is 23.5 Å². The Morgan fingerprint density at radius 3 is 2.56 bits per heavy atom. The average Bonchev–Trinajstić information content (AvgIpc) is 3.08. The highest BCUT2D eigenvalue weighted by molar-refractivity contribution is 7.07. The molecule has 3 rings (SSSR count). The lowest BCUT2D eigenvalue weighted by molar-refractivity contribution is 0.628. The van der Waals surface area contributed by atoms with Crippen LogP contribution in [0.5, 0.6) is 0 Å². The van der Waals surface area contributed by atoms with E-state index in [9.17, 15) is 4.39 Å². The van der Waals surface area contributed by atoms with E-state index in [-0.39, 0.29) is 5.82 Å². The maximum Gasteiger partial charge on any atom is 0.206 e. The lowest BCUT2D eigenvalue weighted by Crippen LogP contribution is -2.13. The molecule has 4 nitrogen and oxygen atoms in total. The van der Waals surface area contributed by atoms with Crippen molar-refractivity contribution in [2.75, 3.05) is 6.54 Å².